The lowest BCUT2D eigenvalue weighted by molar-refractivity contribution is -0.174. The van der Waals surface area contributed by atoms with Crippen LogP contribution in [0.1, 0.15) is 32.1 Å². The zero-order valence-electron chi connectivity index (χ0n) is 19.2. The number of hydrogen-bond donors (Lipinski definition) is 3. The maximum Gasteiger partial charge on any atom is 0.471 e. The molecule has 4 rings (SSSR count). The molecule has 1 fully saturated rings. The topological polar surface area (TPSA) is 96.8 Å². The maximum atomic E-state index is 12.6. The summed E-state index contributed by atoms with van der Waals surface area (Å²) in [4.78, 5) is 20.4. The van der Waals surface area contributed by atoms with Gasteiger partial charge in [0.05, 0.1) is 6.20 Å². The van der Waals surface area contributed by atoms with E-state index in [9.17, 15) is 18.0 Å². The number of aryl methyl sites for hydroxylation is 1. The lowest BCUT2D eigenvalue weighted by atomic mass is 10.1. The highest BCUT2D eigenvalue weighted by molar-refractivity contribution is 6.35. The van der Waals surface area contributed by atoms with Gasteiger partial charge >= 0.3 is 12.1 Å². The minimum absolute atomic E-state index is 0.0587. The van der Waals surface area contributed by atoms with E-state index in [0.717, 1.165) is 11.1 Å². The molecule has 1 aromatic carbocycles. The van der Waals surface area contributed by atoms with Crippen molar-refractivity contribution in [3.63, 3.8) is 0 Å². The fourth-order valence-corrected chi connectivity index (χ4v) is 4.66. The number of rotatable bonds is 6. The first-order valence-electron chi connectivity index (χ1n) is 11.3. The third-order valence-corrected chi connectivity index (χ3v) is 6.26. The molecule has 36 heavy (non-hydrogen) atoms. The normalized spacial score (nSPS) is 18.4. The highest BCUT2D eigenvalue weighted by atomic mass is 35.5. The number of nitrogens with zero attached hydrogens (tertiary/aromatic N) is 4. The number of nitrogens with one attached hydrogen (secondary N) is 3. The smallest absolute Gasteiger partial charge is 0.367 e. The summed E-state index contributed by atoms with van der Waals surface area (Å²) in [5.74, 6) is -1.03. The first kappa shape index (κ1) is 26.0. The Balaban J connectivity index is 1.53. The van der Waals surface area contributed by atoms with Gasteiger partial charge in [0.1, 0.15) is 5.82 Å². The van der Waals surface area contributed by atoms with E-state index in [0.29, 0.717) is 59.6 Å². The van der Waals surface area contributed by atoms with Gasteiger partial charge in [0.2, 0.25) is 5.95 Å². The molecule has 2 heterocycles. The van der Waals surface area contributed by atoms with Gasteiger partial charge < -0.3 is 16.0 Å². The summed E-state index contributed by atoms with van der Waals surface area (Å²) in [5.41, 5.74) is 2.15. The summed E-state index contributed by atoms with van der Waals surface area (Å²) in [5, 5.41) is 13.8. The highest BCUT2D eigenvalue weighted by Gasteiger charge is 2.39. The molecule has 0 saturated heterocycles. The second kappa shape index (κ2) is 10.9. The summed E-state index contributed by atoms with van der Waals surface area (Å²) >= 11 is 12.2. The number of benzene rings is 1. The van der Waals surface area contributed by atoms with Gasteiger partial charge in [-0.15, -0.1) is 0 Å². The van der Waals surface area contributed by atoms with E-state index in [1.165, 1.54) is 0 Å². The molecule has 0 unspecified atom stereocenters. The van der Waals surface area contributed by atoms with Crippen LogP contribution in [0.5, 0.6) is 0 Å². The first-order valence-corrected chi connectivity index (χ1v) is 12.1. The van der Waals surface area contributed by atoms with E-state index in [-0.39, 0.29) is 6.04 Å². The maximum absolute atomic E-state index is 12.6. The van der Waals surface area contributed by atoms with Gasteiger partial charge in [-0.2, -0.15) is 23.3 Å². The van der Waals surface area contributed by atoms with Crippen LogP contribution < -0.4 is 16.0 Å². The molecule has 1 aliphatic carbocycles. The Kier molecular flexibility index (Phi) is 7.89. The van der Waals surface area contributed by atoms with E-state index >= 15 is 0 Å². The van der Waals surface area contributed by atoms with E-state index in [1.807, 2.05) is 6.20 Å². The van der Waals surface area contributed by atoms with Crippen LogP contribution >= 0.6 is 23.2 Å². The molecule has 0 aliphatic heterocycles. The third-order valence-electron chi connectivity index (χ3n) is 5.83. The van der Waals surface area contributed by atoms with Crippen LogP contribution in [-0.4, -0.2) is 43.9 Å². The van der Waals surface area contributed by atoms with Crippen molar-refractivity contribution in [2.45, 2.75) is 50.4 Å². The molecule has 2 aromatic heterocycles. The van der Waals surface area contributed by atoms with Crippen molar-refractivity contribution < 1.29 is 18.0 Å². The van der Waals surface area contributed by atoms with Crippen LogP contribution in [0.3, 0.4) is 0 Å². The molecule has 0 bridgehead atoms. The van der Waals surface area contributed by atoms with Gasteiger partial charge in [0.15, 0.2) is 0 Å². The number of aromatic nitrogens is 4. The van der Waals surface area contributed by atoms with Crippen molar-refractivity contribution >= 4 is 46.6 Å². The lowest BCUT2D eigenvalue weighted by Crippen LogP contribution is -2.43. The van der Waals surface area contributed by atoms with Gasteiger partial charge in [0, 0.05) is 58.4 Å². The minimum Gasteiger partial charge on any atom is -0.367 e. The van der Waals surface area contributed by atoms with Crippen LogP contribution in [0.15, 0.2) is 36.8 Å². The molecule has 0 radical (unpaired) electrons. The number of carbonyl (C=O) groups is 1. The fourth-order valence-electron chi connectivity index (χ4n) is 4.13. The number of anilines is 3. The summed E-state index contributed by atoms with van der Waals surface area (Å²) in [6.07, 6.45) is 3.13. The zero-order chi connectivity index (χ0) is 25.9. The van der Waals surface area contributed by atoms with Crippen molar-refractivity contribution in [1.82, 2.24) is 25.1 Å². The largest absolute Gasteiger partial charge is 0.471 e. The van der Waals surface area contributed by atoms with E-state index in [1.54, 1.807) is 42.3 Å². The number of amides is 1. The second-order valence-corrected chi connectivity index (χ2v) is 9.53. The molecule has 1 amide bonds. The van der Waals surface area contributed by atoms with E-state index in [4.69, 9.17) is 23.2 Å². The Hall–Kier alpha value is -3.05. The lowest BCUT2D eigenvalue weighted by Gasteiger charge is -2.20. The molecule has 192 valence electrons. The van der Waals surface area contributed by atoms with Gasteiger partial charge in [-0.3, -0.25) is 9.48 Å². The summed E-state index contributed by atoms with van der Waals surface area (Å²) in [6.45, 7) is 0. The predicted molar refractivity (Wildman–Crippen MR) is 132 cm³/mol. The quantitative estimate of drug-likeness (QED) is 0.345. The zero-order valence-corrected chi connectivity index (χ0v) is 20.8. The molecule has 8 nitrogen and oxygen atoms in total. The molecule has 1 saturated carbocycles. The van der Waals surface area contributed by atoms with E-state index in [2.05, 4.69) is 31.0 Å². The highest BCUT2D eigenvalue weighted by Crippen LogP contribution is 2.31. The van der Waals surface area contributed by atoms with Crippen LogP contribution in [-0.2, 0) is 11.8 Å². The molecule has 3 aromatic rings. The molecular formula is C23H24Cl2F3N7O. The molecule has 2 atom stereocenters. The van der Waals surface area contributed by atoms with Crippen LogP contribution in [0.2, 0.25) is 10.0 Å². The van der Waals surface area contributed by atoms with Gasteiger partial charge in [-0.25, -0.2) is 4.98 Å². The fraction of sp³-hybridized carbons (Fsp3) is 0.391. The summed E-state index contributed by atoms with van der Waals surface area (Å²) < 4.78 is 39.6. The van der Waals surface area contributed by atoms with Crippen LogP contribution in [0.4, 0.5) is 30.6 Å². The average molecular weight is 542 g/mol. The van der Waals surface area contributed by atoms with Crippen molar-refractivity contribution in [1.29, 1.82) is 0 Å². The molecule has 13 heteroatoms. The van der Waals surface area contributed by atoms with Crippen molar-refractivity contribution in [2.75, 3.05) is 10.6 Å². The first-order chi connectivity index (χ1) is 17.1. The second-order valence-electron chi connectivity index (χ2n) is 8.66. The molecule has 0 spiro atoms. The molecular weight excluding hydrogens is 518 g/mol. The summed E-state index contributed by atoms with van der Waals surface area (Å²) in [7, 11) is 1.80. The van der Waals surface area contributed by atoms with E-state index < -0.39 is 18.1 Å². The molecule has 3 N–H and O–H groups in total. The SMILES string of the molecule is Cn1cc(-c2cnc(Nc3cc(Cl)cc(Cl)c3)nc2N[C@@H]2CCC[C@@H](NC(=O)C(F)(F)F)CC2)cn1. The van der Waals surface area contributed by atoms with Crippen LogP contribution in [0.25, 0.3) is 11.1 Å². The number of halogens is 5. The minimum atomic E-state index is -4.89. The van der Waals surface area contributed by atoms with Gasteiger partial charge in [-0.05, 0) is 50.3 Å². The number of alkyl halides is 3. The van der Waals surface area contributed by atoms with Crippen molar-refractivity contribution in [3.8, 4) is 11.1 Å². The van der Waals surface area contributed by atoms with Crippen molar-refractivity contribution in [2.24, 2.45) is 7.05 Å². The Morgan fingerprint density at radius 2 is 1.75 bits per heavy atom. The number of carbonyl (C=O) groups excluding carboxylic acids is 1. The van der Waals surface area contributed by atoms with Gasteiger partial charge in [-0.1, -0.05) is 23.2 Å². The average Bonchev–Trinajstić information content (AvgIpc) is 3.09. The standard InChI is InChI=1S/C23H24Cl2F3N7O/c1-35-12-13(10-30-35)19-11-29-22(33-18-8-14(24)7-15(25)9-18)34-20(19)31-16-3-2-4-17(6-5-16)32-21(36)23(26,27)28/h7-12,16-17H,2-6H2,1H3,(H,32,36)(H2,29,31,33,34)/t16-,17-/m1/s1. The van der Waals surface area contributed by atoms with Crippen molar-refractivity contribution in [3.05, 3.63) is 46.8 Å². The third kappa shape index (κ3) is 6.79. The summed E-state index contributed by atoms with van der Waals surface area (Å²) in [6, 6.07) is 4.42. The Labute approximate surface area is 215 Å². The van der Waals surface area contributed by atoms with Gasteiger partial charge in [0.25, 0.3) is 0 Å². The Morgan fingerprint density at radius 1 is 1.06 bits per heavy atom. The molecule has 1 aliphatic rings. The number of hydrogen-bond acceptors (Lipinski definition) is 6. The monoisotopic (exact) mass is 541 g/mol. The Bertz CT molecular complexity index is 1210. The van der Waals surface area contributed by atoms with Crippen LogP contribution in [0, 0.1) is 0 Å². The Morgan fingerprint density at radius 3 is 2.42 bits per heavy atom. The predicted octanol–water partition coefficient (Wildman–Crippen LogP) is 5.72.